The molecule has 0 aliphatic heterocycles. The Labute approximate surface area is 169 Å². The lowest BCUT2D eigenvalue weighted by Gasteiger charge is -2.09. The maximum atomic E-state index is 12.5. The molecule has 0 aliphatic carbocycles. The van der Waals surface area contributed by atoms with Gasteiger partial charge in [0.05, 0.1) is 29.9 Å². The van der Waals surface area contributed by atoms with Gasteiger partial charge in [-0.2, -0.15) is 0 Å². The van der Waals surface area contributed by atoms with E-state index in [0.29, 0.717) is 17.1 Å². The van der Waals surface area contributed by atoms with E-state index in [0.717, 1.165) is 11.3 Å². The van der Waals surface area contributed by atoms with E-state index in [9.17, 15) is 13.2 Å². The van der Waals surface area contributed by atoms with Crippen LogP contribution < -0.4 is 14.8 Å². The minimum absolute atomic E-state index is 0.0153. The lowest BCUT2D eigenvalue weighted by atomic mass is 10.1. The van der Waals surface area contributed by atoms with E-state index in [1.807, 2.05) is 24.3 Å². The number of amides is 1. The molecule has 8 nitrogen and oxygen atoms in total. The number of nitrogens with zero attached hydrogens (tertiary/aromatic N) is 2. The number of methoxy groups -OCH3 is 1. The van der Waals surface area contributed by atoms with Crippen LogP contribution in [0.15, 0.2) is 65.8 Å². The van der Waals surface area contributed by atoms with E-state index < -0.39 is 10.0 Å². The minimum atomic E-state index is -3.73. The quantitative estimate of drug-likeness (QED) is 0.617. The van der Waals surface area contributed by atoms with Gasteiger partial charge in [0.25, 0.3) is 0 Å². The van der Waals surface area contributed by atoms with Gasteiger partial charge in [0.2, 0.25) is 15.9 Å². The first-order valence-corrected chi connectivity index (χ1v) is 10.2. The molecule has 0 radical (unpaired) electrons. The van der Waals surface area contributed by atoms with Crippen molar-refractivity contribution in [3.8, 4) is 17.0 Å². The molecular formula is C20H20N4O4S. The predicted octanol–water partition coefficient (Wildman–Crippen LogP) is 2.59. The molecule has 0 saturated heterocycles. The van der Waals surface area contributed by atoms with Crippen molar-refractivity contribution in [2.75, 3.05) is 12.4 Å². The van der Waals surface area contributed by atoms with Gasteiger partial charge < -0.3 is 10.1 Å². The lowest BCUT2D eigenvalue weighted by molar-refractivity contribution is -0.114. The number of aromatic nitrogens is 2. The Morgan fingerprint density at radius 1 is 1.03 bits per heavy atom. The summed E-state index contributed by atoms with van der Waals surface area (Å²) < 4.78 is 32.7. The Kier molecular flexibility index (Phi) is 6.20. The molecule has 2 N–H and O–H groups in total. The van der Waals surface area contributed by atoms with E-state index in [-0.39, 0.29) is 17.3 Å². The highest BCUT2D eigenvalue weighted by molar-refractivity contribution is 7.89. The van der Waals surface area contributed by atoms with Crippen molar-refractivity contribution >= 4 is 21.6 Å². The van der Waals surface area contributed by atoms with Crippen LogP contribution in [-0.4, -0.2) is 31.4 Å². The number of benzene rings is 2. The number of ether oxygens (including phenoxy) is 1. The Morgan fingerprint density at radius 3 is 2.34 bits per heavy atom. The highest BCUT2D eigenvalue weighted by Gasteiger charge is 2.14. The molecule has 3 rings (SSSR count). The number of carbonyl (C=O) groups excluding carboxylic acids is 1. The molecule has 9 heteroatoms. The highest BCUT2D eigenvalue weighted by Crippen LogP contribution is 2.21. The largest absolute Gasteiger partial charge is 0.497 e. The number of hydrogen-bond acceptors (Lipinski definition) is 6. The summed E-state index contributed by atoms with van der Waals surface area (Å²) in [5.41, 5.74) is 2.60. The van der Waals surface area contributed by atoms with Gasteiger partial charge >= 0.3 is 0 Å². The lowest BCUT2D eigenvalue weighted by Crippen LogP contribution is -2.23. The van der Waals surface area contributed by atoms with Gasteiger partial charge in [0, 0.05) is 18.2 Å². The number of nitrogens with one attached hydrogen (secondary N) is 2. The summed E-state index contributed by atoms with van der Waals surface area (Å²) in [6, 6.07) is 15.0. The van der Waals surface area contributed by atoms with Gasteiger partial charge in [-0.1, -0.05) is 0 Å². The van der Waals surface area contributed by atoms with Gasteiger partial charge in [-0.15, -0.1) is 0 Å². The first kappa shape index (κ1) is 20.4. The molecule has 0 spiro atoms. The monoisotopic (exact) mass is 412 g/mol. The smallest absolute Gasteiger partial charge is 0.240 e. The second-order valence-electron chi connectivity index (χ2n) is 6.15. The molecule has 1 amide bonds. The van der Waals surface area contributed by atoms with Gasteiger partial charge in [0.1, 0.15) is 12.1 Å². The SMILES string of the molecule is COc1ccc(-c2cc(CNS(=O)(=O)c3ccc(NC(C)=O)cc3)ncn2)cc1. The van der Waals surface area contributed by atoms with E-state index in [2.05, 4.69) is 20.0 Å². The molecule has 0 saturated carbocycles. The van der Waals surface area contributed by atoms with E-state index >= 15 is 0 Å². The highest BCUT2D eigenvalue weighted by atomic mass is 32.2. The van der Waals surface area contributed by atoms with Gasteiger partial charge in [-0.05, 0) is 54.6 Å². The Hall–Kier alpha value is -3.30. The average molecular weight is 412 g/mol. The van der Waals surface area contributed by atoms with Crippen LogP contribution in [-0.2, 0) is 21.4 Å². The molecule has 150 valence electrons. The van der Waals surface area contributed by atoms with Crippen LogP contribution in [0.2, 0.25) is 0 Å². The van der Waals surface area contributed by atoms with Gasteiger partial charge in [-0.25, -0.2) is 23.1 Å². The topological polar surface area (TPSA) is 110 Å². The summed E-state index contributed by atoms with van der Waals surface area (Å²) in [5.74, 6) is 0.510. The van der Waals surface area contributed by atoms with Crippen molar-refractivity contribution in [3.63, 3.8) is 0 Å². The number of hydrogen-bond donors (Lipinski definition) is 2. The number of carbonyl (C=O) groups is 1. The van der Waals surface area contributed by atoms with Crippen LogP contribution >= 0.6 is 0 Å². The van der Waals surface area contributed by atoms with Crippen molar-refractivity contribution in [2.24, 2.45) is 0 Å². The van der Waals surface area contributed by atoms with E-state index in [1.165, 1.54) is 37.5 Å². The molecule has 3 aromatic rings. The average Bonchev–Trinajstić information content (AvgIpc) is 2.73. The molecule has 0 aliphatic rings. The molecule has 29 heavy (non-hydrogen) atoms. The zero-order chi connectivity index (χ0) is 20.9. The number of rotatable bonds is 7. The van der Waals surface area contributed by atoms with Crippen LogP contribution in [0.4, 0.5) is 5.69 Å². The van der Waals surface area contributed by atoms with E-state index in [4.69, 9.17) is 4.74 Å². The van der Waals surface area contributed by atoms with Crippen LogP contribution in [0, 0.1) is 0 Å². The Bertz CT molecular complexity index is 1100. The zero-order valence-corrected chi connectivity index (χ0v) is 16.7. The predicted molar refractivity (Wildman–Crippen MR) is 109 cm³/mol. The minimum Gasteiger partial charge on any atom is -0.497 e. The van der Waals surface area contributed by atoms with Crippen LogP contribution in [0.25, 0.3) is 11.3 Å². The molecule has 0 unspecified atom stereocenters. The van der Waals surface area contributed by atoms with E-state index in [1.54, 1.807) is 13.2 Å². The first-order chi connectivity index (χ1) is 13.9. The second-order valence-corrected chi connectivity index (χ2v) is 7.92. The van der Waals surface area contributed by atoms with Crippen molar-refractivity contribution in [1.29, 1.82) is 0 Å². The van der Waals surface area contributed by atoms with Gasteiger partial charge in [0.15, 0.2) is 0 Å². The van der Waals surface area contributed by atoms with Gasteiger partial charge in [-0.3, -0.25) is 4.79 Å². The van der Waals surface area contributed by atoms with Crippen LogP contribution in [0.5, 0.6) is 5.75 Å². The number of sulfonamides is 1. The first-order valence-electron chi connectivity index (χ1n) is 8.70. The molecular weight excluding hydrogens is 392 g/mol. The Morgan fingerprint density at radius 2 is 1.72 bits per heavy atom. The van der Waals surface area contributed by atoms with Crippen molar-refractivity contribution in [3.05, 3.63) is 66.6 Å². The van der Waals surface area contributed by atoms with Crippen LogP contribution in [0.3, 0.4) is 0 Å². The summed E-state index contributed by atoms with van der Waals surface area (Å²) >= 11 is 0. The maximum Gasteiger partial charge on any atom is 0.240 e. The third-order valence-corrected chi connectivity index (χ3v) is 5.45. The normalized spacial score (nSPS) is 11.1. The molecule has 0 bridgehead atoms. The van der Waals surface area contributed by atoms with Crippen LogP contribution in [0.1, 0.15) is 12.6 Å². The fourth-order valence-corrected chi connectivity index (χ4v) is 3.59. The number of anilines is 1. The molecule has 1 aromatic heterocycles. The molecule has 0 atom stereocenters. The summed E-state index contributed by atoms with van der Waals surface area (Å²) in [6.45, 7) is 1.40. The molecule has 2 aromatic carbocycles. The van der Waals surface area contributed by atoms with Crippen molar-refractivity contribution < 1.29 is 17.9 Å². The third kappa shape index (κ3) is 5.37. The fraction of sp³-hybridized carbons (Fsp3) is 0.150. The summed E-state index contributed by atoms with van der Waals surface area (Å²) in [4.78, 5) is 19.5. The summed E-state index contributed by atoms with van der Waals surface area (Å²) in [6.07, 6.45) is 1.39. The second kappa shape index (κ2) is 8.80. The summed E-state index contributed by atoms with van der Waals surface area (Å²) in [5, 5.41) is 2.59. The molecule has 1 heterocycles. The molecule has 0 fully saturated rings. The zero-order valence-electron chi connectivity index (χ0n) is 15.9. The van der Waals surface area contributed by atoms with Crippen molar-refractivity contribution in [1.82, 2.24) is 14.7 Å². The standard InChI is InChI=1S/C20H20N4O4S/c1-14(25)24-16-5-9-19(10-6-16)29(26,27)23-12-17-11-20(22-13-21-17)15-3-7-18(28-2)8-4-15/h3-11,13,23H,12H2,1-2H3,(H,24,25). The fourth-order valence-electron chi connectivity index (χ4n) is 2.59. The maximum absolute atomic E-state index is 12.5. The Balaban J connectivity index is 1.70. The van der Waals surface area contributed by atoms with Crippen molar-refractivity contribution in [2.45, 2.75) is 18.4 Å². The summed E-state index contributed by atoms with van der Waals surface area (Å²) in [7, 11) is -2.14. The third-order valence-electron chi connectivity index (χ3n) is 4.04.